The normalized spacial score (nSPS) is 24.9. The summed E-state index contributed by atoms with van der Waals surface area (Å²) in [7, 11) is 0. The molecule has 1 aromatic heterocycles. The summed E-state index contributed by atoms with van der Waals surface area (Å²) in [4.78, 5) is 13.8. The van der Waals surface area contributed by atoms with Crippen molar-refractivity contribution < 1.29 is 0 Å². The molecule has 2 aliphatic rings. The maximum absolute atomic E-state index is 5.82. The van der Waals surface area contributed by atoms with E-state index in [1.165, 1.54) is 25.8 Å². The number of rotatable bonds is 2. The van der Waals surface area contributed by atoms with Crippen molar-refractivity contribution >= 4 is 17.4 Å². The van der Waals surface area contributed by atoms with Crippen molar-refractivity contribution in [2.75, 3.05) is 31.1 Å². The minimum Gasteiger partial charge on any atom is -0.352 e. The van der Waals surface area contributed by atoms with Crippen LogP contribution in [-0.2, 0) is 5.88 Å². The summed E-state index contributed by atoms with van der Waals surface area (Å²) in [5.74, 6) is 1.42. The van der Waals surface area contributed by atoms with Gasteiger partial charge < -0.3 is 4.90 Å². The molecule has 98 valence electrons. The SMILES string of the molecule is ClCc1cncc(N2CCN3CCCCC3C2)n1. The minimum atomic E-state index is 0.435. The second-order valence-electron chi connectivity index (χ2n) is 5.13. The van der Waals surface area contributed by atoms with E-state index < -0.39 is 0 Å². The van der Waals surface area contributed by atoms with Gasteiger partial charge in [0, 0.05) is 31.9 Å². The Morgan fingerprint density at radius 1 is 1.22 bits per heavy atom. The highest BCUT2D eigenvalue weighted by Gasteiger charge is 2.29. The van der Waals surface area contributed by atoms with Gasteiger partial charge in [0.05, 0.1) is 17.8 Å². The summed E-state index contributed by atoms with van der Waals surface area (Å²) in [6.45, 7) is 4.56. The number of piperidine rings is 1. The van der Waals surface area contributed by atoms with Crippen molar-refractivity contribution in [3.05, 3.63) is 18.1 Å². The molecular weight excluding hydrogens is 248 g/mol. The van der Waals surface area contributed by atoms with Gasteiger partial charge in [-0.3, -0.25) is 9.88 Å². The summed E-state index contributed by atoms with van der Waals surface area (Å²) in [5.41, 5.74) is 0.861. The van der Waals surface area contributed by atoms with Crippen LogP contribution in [0.5, 0.6) is 0 Å². The van der Waals surface area contributed by atoms with E-state index in [4.69, 9.17) is 11.6 Å². The van der Waals surface area contributed by atoms with Crippen molar-refractivity contribution in [1.82, 2.24) is 14.9 Å². The Bertz CT molecular complexity index is 412. The third-order valence-electron chi connectivity index (χ3n) is 3.97. The molecule has 2 aliphatic heterocycles. The zero-order chi connectivity index (χ0) is 12.4. The molecule has 1 aromatic rings. The van der Waals surface area contributed by atoms with Gasteiger partial charge in [-0.2, -0.15) is 0 Å². The van der Waals surface area contributed by atoms with Gasteiger partial charge in [-0.1, -0.05) is 6.42 Å². The van der Waals surface area contributed by atoms with Crippen LogP contribution in [-0.4, -0.2) is 47.1 Å². The molecule has 0 amide bonds. The predicted octanol–water partition coefficient (Wildman–Crippen LogP) is 1.89. The number of aromatic nitrogens is 2. The van der Waals surface area contributed by atoms with Crippen LogP contribution in [0.1, 0.15) is 25.0 Å². The van der Waals surface area contributed by atoms with Gasteiger partial charge in [0.1, 0.15) is 5.82 Å². The quantitative estimate of drug-likeness (QED) is 0.766. The van der Waals surface area contributed by atoms with E-state index in [-0.39, 0.29) is 0 Å². The van der Waals surface area contributed by atoms with E-state index >= 15 is 0 Å². The van der Waals surface area contributed by atoms with Crippen molar-refractivity contribution in [1.29, 1.82) is 0 Å². The number of hydrogen-bond donors (Lipinski definition) is 0. The molecule has 2 fully saturated rings. The predicted molar refractivity (Wildman–Crippen MR) is 73.0 cm³/mol. The molecule has 0 N–H and O–H groups in total. The molecule has 2 saturated heterocycles. The van der Waals surface area contributed by atoms with E-state index in [1.807, 2.05) is 6.20 Å². The van der Waals surface area contributed by atoms with Gasteiger partial charge in [0.25, 0.3) is 0 Å². The van der Waals surface area contributed by atoms with Crippen LogP contribution in [0.15, 0.2) is 12.4 Å². The Morgan fingerprint density at radius 2 is 2.17 bits per heavy atom. The standard InChI is InChI=1S/C13H19ClN4/c14-7-11-8-15-9-13(16-11)18-6-5-17-4-2-1-3-12(17)10-18/h8-9,12H,1-7,10H2. The van der Waals surface area contributed by atoms with Gasteiger partial charge in [0.2, 0.25) is 0 Å². The lowest BCUT2D eigenvalue weighted by atomic mass is 9.99. The third-order valence-corrected chi connectivity index (χ3v) is 4.24. The highest BCUT2D eigenvalue weighted by atomic mass is 35.5. The Kier molecular flexibility index (Phi) is 3.66. The van der Waals surface area contributed by atoms with Gasteiger partial charge in [-0.15, -0.1) is 11.6 Å². The van der Waals surface area contributed by atoms with Gasteiger partial charge in [0.15, 0.2) is 0 Å². The Hall–Kier alpha value is -0.870. The van der Waals surface area contributed by atoms with E-state index in [9.17, 15) is 0 Å². The number of nitrogens with zero attached hydrogens (tertiary/aromatic N) is 4. The van der Waals surface area contributed by atoms with E-state index in [1.54, 1.807) is 6.20 Å². The molecule has 0 saturated carbocycles. The van der Waals surface area contributed by atoms with Crippen LogP contribution in [0, 0.1) is 0 Å². The van der Waals surface area contributed by atoms with Crippen molar-refractivity contribution in [2.45, 2.75) is 31.2 Å². The largest absolute Gasteiger partial charge is 0.352 e. The molecule has 0 radical (unpaired) electrons. The number of piperazine rings is 1. The second kappa shape index (κ2) is 5.41. The highest BCUT2D eigenvalue weighted by Crippen LogP contribution is 2.23. The first-order valence-electron chi connectivity index (χ1n) is 6.72. The van der Waals surface area contributed by atoms with Crippen LogP contribution in [0.4, 0.5) is 5.82 Å². The molecule has 1 unspecified atom stereocenters. The summed E-state index contributed by atoms with van der Waals surface area (Å²) >= 11 is 5.82. The number of halogens is 1. The molecule has 3 rings (SSSR count). The Labute approximate surface area is 113 Å². The van der Waals surface area contributed by atoms with Crippen LogP contribution in [0.3, 0.4) is 0 Å². The summed E-state index contributed by atoms with van der Waals surface area (Å²) < 4.78 is 0. The fourth-order valence-electron chi connectivity index (χ4n) is 2.98. The molecule has 0 spiro atoms. The Balaban J connectivity index is 1.72. The van der Waals surface area contributed by atoms with E-state index in [0.29, 0.717) is 11.9 Å². The molecule has 5 heteroatoms. The molecule has 4 nitrogen and oxygen atoms in total. The highest BCUT2D eigenvalue weighted by molar-refractivity contribution is 6.16. The fourth-order valence-corrected chi connectivity index (χ4v) is 3.10. The summed E-state index contributed by atoms with van der Waals surface area (Å²) in [6.07, 6.45) is 7.64. The summed E-state index contributed by atoms with van der Waals surface area (Å²) in [5, 5.41) is 0. The number of hydrogen-bond acceptors (Lipinski definition) is 4. The van der Waals surface area contributed by atoms with Crippen LogP contribution >= 0.6 is 11.6 Å². The van der Waals surface area contributed by atoms with Crippen molar-refractivity contribution in [2.24, 2.45) is 0 Å². The Morgan fingerprint density at radius 3 is 3.06 bits per heavy atom. The zero-order valence-electron chi connectivity index (χ0n) is 10.6. The minimum absolute atomic E-state index is 0.435. The van der Waals surface area contributed by atoms with Crippen LogP contribution < -0.4 is 4.90 Å². The molecule has 0 aliphatic carbocycles. The third kappa shape index (κ3) is 2.45. The number of anilines is 1. The lowest BCUT2D eigenvalue weighted by molar-refractivity contribution is 0.133. The molecule has 18 heavy (non-hydrogen) atoms. The average Bonchev–Trinajstić information content (AvgIpc) is 2.47. The summed E-state index contributed by atoms with van der Waals surface area (Å²) in [6, 6.07) is 0.703. The number of fused-ring (bicyclic) bond motifs is 1. The van der Waals surface area contributed by atoms with Crippen LogP contribution in [0.25, 0.3) is 0 Å². The lowest BCUT2D eigenvalue weighted by Crippen LogP contribution is -2.55. The van der Waals surface area contributed by atoms with Gasteiger partial charge in [-0.25, -0.2) is 4.98 Å². The smallest absolute Gasteiger partial charge is 0.147 e. The average molecular weight is 267 g/mol. The fraction of sp³-hybridized carbons (Fsp3) is 0.692. The topological polar surface area (TPSA) is 32.3 Å². The molecule has 0 bridgehead atoms. The van der Waals surface area contributed by atoms with E-state index in [0.717, 1.165) is 31.1 Å². The first-order chi connectivity index (χ1) is 8.86. The van der Waals surface area contributed by atoms with Crippen molar-refractivity contribution in [3.8, 4) is 0 Å². The number of alkyl halides is 1. The van der Waals surface area contributed by atoms with Crippen molar-refractivity contribution in [3.63, 3.8) is 0 Å². The van der Waals surface area contributed by atoms with E-state index in [2.05, 4.69) is 19.8 Å². The lowest BCUT2D eigenvalue weighted by Gasteiger charge is -2.44. The molecule has 3 heterocycles. The first-order valence-corrected chi connectivity index (χ1v) is 7.26. The molecule has 1 atom stereocenters. The maximum Gasteiger partial charge on any atom is 0.147 e. The zero-order valence-corrected chi connectivity index (χ0v) is 11.3. The maximum atomic E-state index is 5.82. The van der Waals surface area contributed by atoms with Crippen LogP contribution in [0.2, 0.25) is 0 Å². The first kappa shape index (κ1) is 12.2. The second-order valence-corrected chi connectivity index (χ2v) is 5.40. The molecule has 0 aromatic carbocycles. The monoisotopic (exact) mass is 266 g/mol. The van der Waals surface area contributed by atoms with Gasteiger partial charge >= 0.3 is 0 Å². The molecular formula is C13H19ClN4. The van der Waals surface area contributed by atoms with Gasteiger partial charge in [-0.05, 0) is 19.4 Å².